The lowest BCUT2D eigenvalue weighted by Gasteiger charge is -2.52. The Morgan fingerprint density at radius 3 is 1.79 bits per heavy atom. The number of methoxy groups -OCH3 is 2. The molecular formula is C30H42Cl2N4O6. The van der Waals surface area contributed by atoms with Gasteiger partial charge in [-0.1, -0.05) is 53.7 Å². The molecule has 2 aliphatic heterocycles. The van der Waals surface area contributed by atoms with Gasteiger partial charge in [0.15, 0.2) is 11.6 Å². The smallest absolute Gasteiger partial charge is 0.409 e. The number of carbonyl (C=O) groups is 4. The van der Waals surface area contributed by atoms with Crippen LogP contribution in [0.4, 0.5) is 9.59 Å². The maximum atomic E-state index is 12.4. The maximum absolute atomic E-state index is 12.4. The molecule has 0 aromatic heterocycles. The van der Waals surface area contributed by atoms with Gasteiger partial charge < -0.3 is 29.3 Å². The Bertz CT molecular complexity index is 1230. The zero-order valence-corrected chi connectivity index (χ0v) is 27.2. The molecule has 2 fully saturated rings. The summed E-state index contributed by atoms with van der Waals surface area (Å²) in [5.41, 5.74) is -1.62. The number of carbonyl (C=O) groups excluding carboxylic acids is 4. The molecule has 42 heavy (non-hydrogen) atoms. The molecule has 2 heterocycles. The molecular weight excluding hydrogens is 583 g/mol. The molecule has 0 radical (unpaired) electrons. The van der Waals surface area contributed by atoms with Gasteiger partial charge in [0.05, 0.1) is 27.4 Å². The number of nitrogens with zero attached hydrogens (tertiary/aromatic N) is 3. The Morgan fingerprint density at radius 1 is 0.905 bits per heavy atom. The molecule has 0 unspecified atom stereocenters. The van der Waals surface area contributed by atoms with Gasteiger partial charge in [-0.15, -0.1) is 12.4 Å². The molecule has 2 saturated heterocycles. The Hall–Kier alpha value is -2.92. The van der Waals surface area contributed by atoms with Crippen LogP contribution in [0.15, 0.2) is 23.5 Å². The van der Waals surface area contributed by atoms with Crippen LogP contribution in [0.1, 0.15) is 54.4 Å². The third kappa shape index (κ3) is 7.34. The lowest BCUT2D eigenvalue weighted by atomic mass is 9.55. The summed E-state index contributed by atoms with van der Waals surface area (Å²) in [6.07, 6.45) is 5.05. The number of piperidine rings is 2. The van der Waals surface area contributed by atoms with Crippen LogP contribution in [0.2, 0.25) is 0 Å². The molecule has 1 N–H and O–H groups in total. The van der Waals surface area contributed by atoms with Crippen molar-refractivity contribution in [3.63, 3.8) is 0 Å². The molecule has 1 amide bonds. The lowest BCUT2D eigenvalue weighted by Crippen LogP contribution is -2.56. The maximum Gasteiger partial charge on any atom is 0.409 e. The molecule has 2 aliphatic carbocycles. The fraction of sp³-hybridized carbons (Fsp3) is 0.667. The molecule has 0 aromatic rings. The number of ether oxygens (including phenoxy) is 2. The van der Waals surface area contributed by atoms with Crippen LogP contribution < -0.4 is 5.32 Å². The van der Waals surface area contributed by atoms with Gasteiger partial charge in [0.2, 0.25) is 11.4 Å². The number of rotatable bonds is 0. The molecule has 0 bridgehead atoms. The number of hydrogen-bond acceptors (Lipinski definition) is 7. The topological polar surface area (TPSA) is 111 Å². The SMILES string of the molecule is COC(=O)Cl.Cl.[C-]#[N+]C1=C[C@@]2(C)CN(C(=O)OC)CC[C@@H]2C(C)(C)C1=O.[C-]#[N+]C1=C[C@@]2(C)CNCC[C@@H]2C(C)(C)C1=O. The number of amides is 1. The first-order chi connectivity index (χ1) is 18.9. The molecule has 232 valence electrons. The van der Waals surface area contributed by atoms with Gasteiger partial charge in [0, 0.05) is 42.1 Å². The van der Waals surface area contributed by atoms with E-state index in [1.54, 1.807) is 11.0 Å². The van der Waals surface area contributed by atoms with Crippen LogP contribution in [-0.4, -0.2) is 68.4 Å². The number of nitrogens with one attached hydrogen (secondary N) is 1. The van der Waals surface area contributed by atoms with Crippen molar-refractivity contribution in [1.82, 2.24) is 10.2 Å². The predicted octanol–water partition coefficient (Wildman–Crippen LogP) is 5.92. The summed E-state index contributed by atoms with van der Waals surface area (Å²) >= 11 is 4.60. The zero-order chi connectivity index (χ0) is 31.4. The van der Waals surface area contributed by atoms with E-state index >= 15 is 0 Å². The van der Waals surface area contributed by atoms with E-state index in [9.17, 15) is 19.2 Å². The van der Waals surface area contributed by atoms with Crippen molar-refractivity contribution in [2.75, 3.05) is 40.4 Å². The summed E-state index contributed by atoms with van der Waals surface area (Å²) in [6, 6.07) is 0. The van der Waals surface area contributed by atoms with Crippen molar-refractivity contribution in [2.24, 2.45) is 33.5 Å². The number of halogens is 2. The molecule has 4 aliphatic rings. The molecule has 4 rings (SSSR count). The van der Waals surface area contributed by atoms with E-state index in [1.807, 2.05) is 40.7 Å². The second-order valence-electron chi connectivity index (χ2n) is 12.6. The Balaban J connectivity index is 0.000000360. The first kappa shape index (κ1) is 37.1. The van der Waals surface area contributed by atoms with Crippen LogP contribution in [0.5, 0.6) is 0 Å². The second kappa shape index (κ2) is 14.0. The van der Waals surface area contributed by atoms with Crippen molar-refractivity contribution in [3.05, 3.63) is 46.4 Å². The quantitative estimate of drug-likeness (QED) is 0.263. The molecule has 12 heteroatoms. The minimum Gasteiger partial charge on any atom is -0.457 e. The summed E-state index contributed by atoms with van der Waals surface area (Å²) in [7, 11) is 2.58. The largest absolute Gasteiger partial charge is 0.457 e. The van der Waals surface area contributed by atoms with Crippen molar-refractivity contribution in [1.29, 1.82) is 0 Å². The van der Waals surface area contributed by atoms with Crippen LogP contribution >= 0.6 is 24.0 Å². The summed E-state index contributed by atoms with van der Waals surface area (Å²) in [5, 5.41) is 3.36. The van der Waals surface area contributed by atoms with Crippen LogP contribution in [0, 0.1) is 46.6 Å². The molecule has 4 atom stereocenters. The molecule has 10 nitrogen and oxygen atoms in total. The molecule has 0 aromatic carbocycles. The minimum absolute atomic E-state index is 0. The first-order valence-corrected chi connectivity index (χ1v) is 13.9. The zero-order valence-electron chi connectivity index (χ0n) is 25.6. The number of hydrogen-bond donors (Lipinski definition) is 1. The van der Waals surface area contributed by atoms with Crippen molar-refractivity contribution in [2.45, 2.75) is 54.4 Å². The van der Waals surface area contributed by atoms with E-state index in [-0.39, 0.29) is 52.5 Å². The van der Waals surface area contributed by atoms with Crippen molar-refractivity contribution in [3.8, 4) is 0 Å². The Labute approximate surface area is 260 Å². The Morgan fingerprint density at radius 2 is 1.36 bits per heavy atom. The average molecular weight is 626 g/mol. The number of allylic oxidation sites excluding steroid dienone is 2. The van der Waals surface area contributed by atoms with Gasteiger partial charge >= 0.3 is 11.5 Å². The van der Waals surface area contributed by atoms with E-state index in [4.69, 9.17) is 17.9 Å². The van der Waals surface area contributed by atoms with E-state index in [0.29, 0.717) is 24.7 Å². The summed E-state index contributed by atoms with van der Waals surface area (Å²) < 4.78 is 8.66. The van der Waals surface area contributed by atoms with Crippen molar-refractivity contribution < 1.29 is 28.7 Å². The summed E-state index contributed by atoms with van der Waals surface area (Å²) in [4.78, 5) is 54.0. The van der Waals surface area contributed by atoms with Crippen LogP contribution in [0.3, 0.4) is 0 Å². The van der Waals surface area contributed by atoms with Crippen LogP contribution in [-0.2, 0) is 19.1 Å². The fourth-order valence-corrected chi connectivity index (χ4v) is 7.12. The highest BCUT2D eigenvalue weighted by Gasteiger charge is 2.54. The minimum atomic E-state index is -0.773. The van der Waals surface area contributed by atoms with E-state index < -0.39 is 16.3 Å². The monoisotopic (exact) mass is 624 g/mol. The van der Waals surface area contributed by atoms with E-state index in [0.717, 1.165) is 25.9 Å². The number of likely N-dealkylation sites (tertiary alicyclic amines) is 1. The van der Waals surface area contributed by atoms with Gasteiger partial charge in [0.1, 0.15) is 0 Å². The van der Waals surface area contributed by atoms with Crippen molar-refractivity contribution >= 4 is 47.1 Å². The summed E-state index contributed by atoms with van der Waals surface area (Å²) in [6.45, 7) is 29.2. The summed E-state index contributed by atoms with van der Waals surface area (Å²) in [5.74, 6) is 0.418. The molecule has 0 saturated carbocycles. The third-order valence-electron chi connectivity index (χ3n) is 9.07. The fourth-order valence-electron chi connectivity index (χ4n) is 7.12. The Kier molecular flexibility index (Phi) is 12.4. The van der Waals surface area contributed by atoms with Gasteiger partial charge in [0.25, 0.3) is 0 Å². The second-order valence-corrected chi connectivity index (χ2v) is 12.9. The van der Waals surface area contributed by atoms with E-state index in [2.05, 4.69) is 38.3 Å². The average Bonchev–Trinajstić information content (AvgIpc) is 2.92. The number of Topliss-reactive ketones (excluding diaryl/α,β-unsaturated/α-hetero) is 2. The van der Waals surface area contributed by atoms with Gasteiger partial charge in [-0.2, -0.15) is 0 Å². The van der Waals surface area contributed by atoms with Gasteiger partial charge in [-0.25, -0.2) is 19.3 Å². The van der Waals surface area contributed by atoms with Gasteiger partial charge in [-0.05, 0) is 42.1 Å². The third-order valence-corrected chi connectivity index (χ3v) is 9.23. The number of fused-ring (bicyclic) bond motifs is 2. The van der Waals surface area contributed by atoms with Crippen LogP contribution in [0.25, 0.3) is 9.69 Å². The normalized spacial score (nSPS) is 30.2. The first-order valence-electron chi connectivity index (χ1n) is 13.5. The number of ketones is 2. The standard InChI is InChI=1S/C15H20N2O3.C13H18N2O.C2H3ClO2.ClH/c1-14(2)11-6-7-17(13(19)20-5)9-15(11,3)8-10(16-4)12(14)18;1-12(2)10-5-6-15-8-13(10,3)7-9(14-4)11(12)16;1-5-2(3)4;/h8,11H,6-7,9H2,1-3,5H3;7,10,15H,5-6,8H2,1-3H3;1H3;1H/t11-,15+;10-,13+;;/m11../s1. The van der Waals surface area contributed by atoms with Gasteiger partial charge in [-0.3, -0.25) is 0 Å². The highest BCUT2D eigenvalue weighted by atomic mass is 35.5. The van der Waals surface area contributed by atoms with E-state index in [1.165, 1.54) is 14.2 Å². The predicted molar refractivity (Wildman–Crippen MR) is 162 cm³/mol. The lowest BCUT2D eigenvalue weighted by molar-refractivity contribution is -0.132. The highest BCUT2D eigenvalue weighted by molar-refractivity contribution is 6.61. The highest BCUT2D eigenvalue weighted by Crippen LogP contribution is 2.52. The molecule has 0 spiro atoms.